The van der Waals surface area contributed by atoms with Crippen molar-refractivity contribution < 1.29 is 33.0 Å². The van der Waals surface area contributed by atoms with E-state index in [4.69, 9.17) is 19.9 Å². The summed E-state index contributed by atoms with van der Waals surface area (Å²) in [6.07, 6.45) is 4.93. The Kier molecular flexibility index (Phi) is 9.82. The van der Waals surface area contributed by atoms with Crippen molar-refractivity contribution in [1.29, 1.82) is 0 Å². The largest absolute Gasteiger partial charge is 0.494 e. The van der Waals surface area contributed by atoms with Crippen molar-refractivity contribution in [2.24, 2.45) is 0 Å². The van der Waals surface area contributed by atoms with Gasteiger partial charge < -0.3 is 25.3 Å². The fourth-order valence-corrected chi connectivity index (χ4v) is 4.63. The molecule has 224 valence electrons. The summed E-state index contributed by atoms with van der Waals surface area (Å²) in [4.78, 5) is 38.4. The first-order valence-corrected chi connectivity index (χ1v) is 14.1. The van der Waals surface area contributed by atoms with Gasteiger partial charge in [-0.1, -0.05) is 12.1 Å². The number of nitrogens with zero attached hydrogens (tertiary/aromatic N) is 2. The number of benzene rings is 2. The van der Waals surface area contributed by atoms with E-state index in [9.17, 15) is 18.8 Å². The summed E-state index contributed by atoms with van der Waals surface area (Å²) in [6.45, 7) is 5.47. The van der Waals surface area contributed by atoms with Gasteiger partial charge in [0.2, 0.25) is 0 Å². The van der Waals surface area contributed by atoms with E-state index in [-0.39, 0.29) is 36.3 Å². The number of amides is 1. The van der Waals surface area contributed by atoms with Crippen LogP contribution in [0, 0.1) is 5.82 Å². The van der Waals surface area contributed by atoms with Crippen molar-refractivity contribution in [3.63, 3.8) is 0 Å². The number of aromatic nitrogens is 2. The van der Waals surface area contributed by atoms with E-state index in [1.807, 2.05) is 0 Å². The van der Waals surface area contributed by atoms with E-state index in [0.717, 1.165) is 25.7 Å². The van der Waals surface area contributed by atoms with Crippen LogP contribution in [0.1, 0.15) is 75.2 Å². The topological polar surface area (TPSA) is 135 Å². The van der Waals surface area contributed by atoms with Crippen molar-refractivity contribution in [2.45, 2.75) is 77.0 Å². The molecular weight excluding hydrogens is 543 g/mol. The summed E-state index contributed by atoms with van der Waals surface area (Å²) >= 11 is 0. The Morgan fingerprint density at radius 3 is 2.52 bits per heavy atom. The molecule has 1 aromatic heterocycles. The van der Waals surface area contributed by atoms with Crippen molar-refractivity contribution in [1.82, 2.24) is 15.1 Å². The number of nitrogens with two attached hydrogens (primary N) is 1. The molecule has 1 fully saturated rings. The molecule has 10 nitrogen and oxygen atoms in total. The molecule has 0 spiro atoms. The standard InChI is InChI=1S/C31H37FN4O6/c1-31(2,3)42-30(39)35-26(29(38)41-23-9-4-5-10-23)12-7-17-40-24-11-6-8-20(18-24)27(37)25-19-34-36(28(25)33)22-15-13-21(32)14-16-22/h6,8,11,13-16,18-19,23,26H,4-5,7,9-10,12,17,33H2,1-3H3,(H,35,39). The molecule has 3 aromatic rings. The molecule has 42 heavy (non-hydrogen) atoms. The average molecular weight is 581 g/mol. The molecule has 1 unspecified atom stereocenters. The van der Waals surface area contributed by atoms with Crippen LogP contribution in [0.3, 0.4) is 0 Å². The van der Waals surface area contributed by atoms with E-state index in [1.165, 1.54) is 35.1 Å². The van der Waals surface area contributed by atoms with Gasteiger partial charge in [-0.3, -0.25) is 4.79 Å². The van der Waals surface area contributed by atoms with Gasteiger partial charge in [-0.15, -0.1) is 0 Å². The number of alkyl carbamates (subject to hydrolysis) is 1. The van der Waals surface area contributed by atoms with Crippen LogP contribution in [0.25, 0.3) is 5.69 Å². The first-order chi connectivity index (χ1) is 20.0. The van der Waals surface area contributed by atoms with Crippen LogP contribution in [0.5, 0.6) is 5.75 Å². The van der Waals surface area contributed by atoms with Crippen molar-refractivity contribution in [2.75, 3.05) is 12.3 Å². The van der Waals surface area contributed by atoms with Gasteiger partial charge in [0.05, 0.1) is 24.1 Å². The van der Waals surface area contributed by atoms with E-state index in [0.29, 0.717) is 23.4 Å². The van der Waals surface area contributed by atoms with Gasteiger partial charge in [0.1, 0.15) is 35.1 Å². The molecule has 1 aliphatic carbocycles. The first-order valence-electron chi connectivity index (χ1n) is 14.1. The number of nitrogens with one attached hydrogen (secondary N) is 1. The fourth-order valence-electron chi connectivity index (χ4n) is 4.63. The second kappa shape index (κ2) is 13.5. The zero-order valence-electron chi connectivity index (χ0n) is 24.1. The zero-order valence-corrected chi connectivity index (χ0v) is 24.1. The molecule has 4 rings (SSSR count). The highest BCUT2D eigenvalue weighted by Crippen LogP contribution is 2.24. The Bertz CT molecular complexity index is 1390. The third kappa shape index (κ3) is 8.31. The number of hydrogen-bond donors (Lipinski definition) is 2. The van der Waals surface area contributed by atoms with Crippen LogP contribution in [0.15, 0.2) is 54.7 Å². The number of carbonyl (C=O) groups is 3. The Morgan fingerprint density at radius 2 is 1.83 bits per heavy atom. The summed E-state index contributed by atoms with van der Waals surface area (Å²) in [6, 6.07) is 11.4. The van der Waals surface area contributed by atoms with E-state index in [1.54, 1.807) is 45.0 Å². The van der Waals surface area contributed by atoms with Gasteiger partial charge in [-0.25, -0.2) is 18.7 Å². The van der Waals surface area contributed by atoms with Gasteiger partial charge in [-0.2, -0.15) is 5.10 Å². The number of rotatable bonds is 11. The van der Waals surface area contributed by atoms with Gasteiger partial charge in [0.15, 0.2) is 5.78 Å². The SMILES string of the molecule is CC(C)(C)OC(=O)NC(CCCOc1cccc(C(=O)c2cnn(-c3ccc(F)cc3)c2N)c1)C(=O)OC1CCCC1. The van der Waals surface area contributed by atoms with Crippen LogP contribution in [-0.2, 0) is 14.3 Å². The van der Waals surface area contributed by atoms with E-state index < -0.39 is 29.5 Å². The van der Waals surface area contributed by atoms with E-state index >= 15 is 0 Å². The van der Waals surface area contributed by atoms with Gasteiger partial charge >= 0.3 is 12.1 Å². The highest BCUT2D eigenvalue weighted by atomic mass is 19.1. The lowest BCUT2D eigenvalue weighted by molar-refractivity contribution is -0.151. The second-order valence-electron chi connectivity index (χ2n) is 11.2. The average Bonchev–Trinajstić information content (AvgIpc) is 3.59. The Morgan fingerprint density at radius 1 is 1.12 bits per heavy atom. The summed E-state index contributed by atoms with van der Waals surface area (Å²) < 4.78 is 31.5. The van der Waals surface area contributed by atoms with Crippen LogP contribution in [0.4, 0.5) is 15.0 Å². The molecule has 2 aromatic carbocycles. The minimum absolute atomic E-state index is 0.131. The van der Waals surface area contributed by atoms with E-state index in [2.05, 4.69) is 10.4 Å². The molecule has 1 saturated carbocycles. The number of esters is 1. The lowest BCUT2D eigenvalue weighted by Crippen LogP contribution is -2.45. The number of nitrogen functional groups attached to an aromatic ring is 1. The normalized spacial score (nSPS) is 14.3. The van der Waals surface area contributed by atoms with Crippen molar-refractivity contribution in [3.05, 3.63) is 71.7 Å². The number of carbonyl (C=O) groups excluding carboxylic acids is 3. The molecular formula is C31H37FN4O6. The molecule has 11 heteroatoms. The fraction of sp³-hybridized carbons (Fsp3) is 0.419. The van der Waals surface area contributed by atoms with Gasteiger partial charge in [-0.05, 0) is 95.7 Å². The maximum absolute atomic E-state index is 13.3. The highest BCUT2D eigenvalue weighted by Gasteiger charge is 2.28. The van der Waals surface area contributed by atoms with Gasteiger partial charge in [0, 0.05) is 5.56 Å². The molecule has 1 heterocycles. The lowest BCUT2D eigenvalue weighted by Gasteiger charge is -2.24. The Balaban J connectivity index is 1.35. The third-order valence-electron chi connectivity index (χ3n) is 6.68. The Hall–Kier alpha value is -4.41. The molecule has 1 aliphatic rings. The summed E-state index contributed by atoms with van der Waals surface area (Å²) in [5, 5.41) is 6.82. The van der Waals surface area contributed by atoms with Crippen molar-refractivity contribution in [3.8, 4) is 11.4 Å². The molecule has 0 saturated heterocycles. The molecule has 1 amide bonds. The van der Waals surface area contributed by atoms with Crippen LogP contribution in [-0.4, -0.2) is 52.0 Å². The predicted molar refractivity (Wildman–Crippen MR) is 154 cm³/mol. The van der Waals surface area contributed by atoms with Crippen molar-refractivity contribution >= 4 is 23.7 Å². The van der Waals surface area contributed by atoms with Crippen LogP contribution >= 0.6 is 0 Å². The molecule has 0 bridgehead atoms. The summed E-state index contributed by atoms with van der Waals surface area (Å²) in [5.41, 5.74) is 6.57. The summed E-state index contributed by atoms with van der Waals surface area (Å²) in [7, 11) is 0. The van der Waals surface area contributed by atoms with Crippen LogP contribution < -0.4 is 15.8 Å². The van der Waals surface area contributed by atoms with Crippen LogP contribution in [0.2, 0.25) is 0 Å². The first kappa shape index (κ1) is 30.5. The maximum atomic E-state index is 13.3. The minimum Gasteiger partial charge on any atom is -0.494 e. The molecule has 1 atom stereocenters. The molecule has 0 radical (unpaired) electrons. The number of ketones is 1. The second-order valence-corrected chi connectivity index (χ2v) is 11.2. The quantitative estimate of drug-likeness (QED) is 0.176. The third-order valence-corrected chi connectivity index (χ3v) is 6.68. The molecule has 3 N–H and O–H groups in total. The highest BCUT2D eigenvalue weighted by molar-refractivity contribution is 6.11. The predicted octanol–water partition coefficient (Wildman–Crippen LogP) is 5.36. The maximum Gasteiger partial charge on any atom is 0.408 e. The zero-order chi connectivity index (χ0) is 30.3. The Labute approximate surface area is 244 Å². The minimum atomic E-state index is -0.877. The summed E-state index contributed by atoms with van der Waals surface area (Å²) in [5.74, 6) is -0.639. The number of hydrogen-bond acceptors (Lipinski definition) is 8. The van der Waals surface area contributed by atoms with Gasteiger partial charge in [0.25, 0.3) is 0 Å². The smallest absolute Gasteiger partial charge is 0.408 e. The number of ether oxygens (including phenoxy) is 3. The monoisotopic (exact) mass is 580 g/mol. The molecule has 0 aliphatic heterocycles. The number of halogens is 1. The lowest BCUT2D eigenvalue weighted by atomic mass is 10.1. The number of anilines is 1.